The highest BCUT2D eigenvalue weighted by molar-refractivity contribution is 5.81. The number of nitrogens with one attached hydrogen (secondary N) is 1. The number of carbonyl (C=O) groups excluding carboxylic acids is 1. The van der Waals surface area contributed by atoms with Crippen molar-refractivity contribution < 1.29 is 18.3 Å². The fraction of sp³-hybridized carbons (Fsp3) is 0.500. The van der Waals surface area contributed by atoms with Gasteiger partial charge in [-0.3, -0.25) is 10.1 Å². The molecule has 108 valence electrons. The second-order valence-corrected chi connectivity index (χ2v) is 5.09. The quantitative estimate of drug-likeness (QED) is 0.921. The Bertz CT molecular complexity index is 506. The molecule has 1 aromatic carbocycles. The topological polar surface area (TPSA) is 41.6 Å². The first-order valence-corrected chi connectivity index (χ1v) is 6.75. The number of hydrogen-bond donors (Lipinski definition) is 1. The van der Waals surface area contributed by atoms with Crippen molar-refractivity contribution in [1.82, 2.24) is 10.2 Å². The molecular weight excluding hydrogens is 266 g/mol. The summed E-state index contributed by atoms with van der Waals surface area (Å²) in [7, 11) is 0. The predicted octanol–water partition coefficient (Wildman–Crippen LogP) is 2.27. The van der Waals surface area contributed by atoms with Gasteiger partial charge >= 0.3 is 6.61 Å². The van der Waals surface area contributed by atoms with Crippen LogP contribution in [0.4, 0.5) is 8.78 Å². The monoisotopic (exact) mass is 282 g/mol. The van der Waals surface area contributed by atoms with Crippen LogP contribution in [0.2, 0.25) is 0 Å². The van der Waals surface area contributed by atoms with Gasteiger partial charge in [-0.25, -0.2) is 0 Å². The average Bonchev–Trinajstić information content (AvgIpc) is 2.70. The number of benzene rings is 1. The third-order valence-electron chi connectivity index (χ3n) is 3.91. The first kappa shape index (κ1) is 13.3. The van der Waals surface area contributed by atoms with Gasteiger partial charge < -0.3 is 9.64 Å². The fourth-order valence-electron chi connectivity index (χ4n) is 2.77. The molecule has 20 heavy (non-hydrogen) atoms. The standard InChI is InChI=1S/C14H16F2N2O2/c15-14(16)20-11-7-2-1-6-10(11)13-17-8-12(19)18(13)9-4-3-5-9/h1-2,6-7,9,13-14,17H,3-5,8H2. The van der Waals surface area contributed by atoms with Gasteiger partial charge in [0.1, 0.15) is 11.9 Å². The van der Waals surface area contributed by atoms with E-state index in [4.69, 9.17) is 0 Å². The van der Waals surface area contributed by atoms with Crippen molar-refractivity contribution in [2.75, 3.05) is 6.54 Å². The largest absolute Gasteiger partial charge is 0.434 e. The number of alkyl halides is 2. The molecule has 6 heteroatoms. The van der Waals surface area contributed by atoms with E-state index < -0.39 is 6.61 Å². The average molecular weight is 282 g/mol. The second-order valence-electron chi connectivity index (χ2n) is 5.09. The molecule has 1 N–H and O–H groups in total. The van der Waals surface area contributed by atoms with Gasteiger partial charge in [-0.2, -0.15) is 8.78 Å². The summed E-state index contributed by atoms with van der Waals surface area (Å²) in [5.41, 5.74) is 0.588. The molecule has 1 atom stereocenters. The molecule has 1 aliphatic carbocycles. The summed E-state index contributed by atoms with van der Waals surface area (Å²) in [5, 5.41) is 3.09. The molecule has 3 rings (SSSR count). The fourth-order valence-corrected chi connectivity index (χ4v) is 2.77. The van der Waals surface area contributed by atoms with E-state index in [-0.39, 0.29) is 30.4 Å². The molecule has 0 aromatic heterocycles. The highest BCUT2D eigenvalue weighted by atomic mass is 19.3. The molecule has 1 amide bonds. The van der Waals surface area contributed by atoms with Crippen molar-refractivity contribution in [3.63, 3.8) is 0 Å². The molecule has 1 aromatic rings. The number of amides is 1. The highest BCUT2D eigenvalue weighted by Crippen LogP contribution is 2.37. The lowest BCUT2D eigenvalue weighted by Crippen LogP contribution is -2.43. The molecule has 2 fully saturated rings. The molecular formula is C14H16F2N2O2. The molecule has 1 aliphatic heterocycles. The SMILES string of the molecule is O=C1CNC(c2ccccc2OC(F)F)N1C1CCC1. The van der Waals surface area contributed by atoms with E-state index in [0.29, 0.717) is 5.56 Å². The van der Waals surface area contributed by atoms with E-state index in [2.05, 4.69) is 10.1 Å². The number of carbonyl (C=O) groups is 1. The van der Waals surface area contributed by atoms with Gasteiger partial charge in [-0.15, -0.1) is 0 Å². The number of ether oxygens (including phenoxy) is 1. The van der Waals surface area contributed by atoms with Gasteiger partial charge in [0.2, 0.25) is 5.91 Å². The van der Waals surface area contributed by atoms with Crippen molar-refractivity contribution in [2.45, 2.75) is 38.1 Å². The lowest BCUT2D eigenvalue weighted by molar-refractivity contribution is -0.132. The van der Waals surface area contributed by atoms with Gasteiger partial charge in [0.15, 0.2) is 0 Å². The van der Waals surface area contributed by atoms with E-state index in [0.717, 1.165) is 19.3 Å². The van der Waals surface area contributed by atoms with Gasteiger partial charge in [-0.1, -0.05) is 18.2 Å². The number of hydrogen-bond acceptors (Lipinski definition) is 3. The van der Waals surface area contributed by atoms with Crippen LogP contribution in [0.5, 0.6) is 5.75 Å². The summed E-state index contributed by atoms with van der Waals surface area (Å²) in [6.07, 6.45) is 2.68. The smallest absolute Gasteiger partial charge is 0.387 e. The summed E-state index contributed by atoms with van der Waals surface area (Å²) in [4.78, 5) is 13.8. The molecule has 0 bridgehead atoms. The van der Waals surface area contributed by atoms with E-state index >= 15 is 0 Å². The first-order valence-electron chi connectivity index (χ1n) is 6.75. The Kier molecular flexibility index (Phi) is 3.56. The maximum atomic E-state index is 12.5. The zero-order valence-electron chi connectivity index (χ0n) is 10.9. The summed E-state index contributed by atoms with van der Waals surface area (Å²) in [5.74, 6) is 0.144. The van der Waals surface area contributed by atoms with E-state index in [1.54, 1.807) is 23.1 Å². The van der Waals surface area contributed by atoms with E-state index in [9.17, 15) is 13.6 Å². The molecule has 0 spiro atoms. The molecule has 0 radical (unpaired) electrons. The van der Waals surface area contributed by atoms with Crippen LogP contribution in [0, 0.1) is 0 Å². The number of rotatable bonds is 4. The number of halogens is 2. The second kappa shape index (κ2) is 5.36. The lowest BCUT2D eigenvalue weighted by atomic mass is 9.90. The minimum atomic E-state index is -2.87. The van der Waals surface area contributed by atoms with Gasteiger partial charge in [0.05, 0.1) is 6.54 Å². The van der Waals surface area contributed by atoms with Crippen molar-refractivity contribution >= 4 is 5.91 Å². The van der Waals surface area contributed by atoms with Crippen molar-refractivity contribution in [2.24, 2.45) is 0 Å². The Morgan fingerprint density at radius 2 is 2.05 bits per heavy atom. The van der Waals surface area contributed by atoms with Gasteiger partial charge in [0.25, 0.3) is 0 Å². The third-order valence-corrected chi connectivity index (χ3v) is 3.91. The zero-order chi connectivity index (χ0) is 14.1. The Morgan fingerprint density at radius 1 is 1.30 bits per heavy atom. The molecule has 1 heterocycles. The van der Waals surface area contributed by atoms with Crippen LogP contribution < -0.4 is 10.1 Å². The highest BCUT2D eigenvalue weighted by Gasteiger charge is 2.40. The van der Waals surface area contributed by atoms with E-state index in [1.165, 1.54) is 6.07 Å². The Labute approximate surface area is 115 Å². The maximum absolute atomic E-state index is 12.5. The van der Waals surface area contributed by atoms with Crippen LogP contribution >= 0.6 is 0 Å². The van der Waals surface area contributed by atoms with Gasteiger partial charge in [-0.05, 0) is 25.3 Å². The Balaban J connectivity index is 1.89. The van der Waals surface area contributed by atoms with Crippen molar-refractivity contribution in [3.05, 3.63) is 29.8 Å². The predicted molar refractivity (Wildman–Crippen MR) is 68.3 cm³/mol. The van der Waals surface area contributed by atoms with Crippen LogP contribution in [0.3, 0.4) is 0 Å². The van der Waals surface area contributed by atoms with Crippen LogP contribution in [0.1, 0.15) is 31.0 Å². The molecule has 1 saturated carbocycles. The summed E-state index contributed by atoms with van der Waals surface area (Å²) >= 11 is 0. The van der Waals surface area contributed by atoms with Crippen molar-refractivity contribution in [1.29, 1.82) is 0 Å². The number of para-hydroxylation sites is 1. The zero-order valence-corrected chi connectivity index (χ0v) is 10.9. The van der Waals surface area contributed by atoms with Crippen LogP contribution in [-0.4, -0.2) is 30.0 Å². The molecule has 1 unspecified atom stereocenters. The number of nitrogens with zero attached hydrogens (tertiary/aromatic N) is 1. The summed E-state index contributed by atoms with van der Waals surface area (Å²) < 4.78 is 29.5. The summed E-state index contributed by atoms with van der Waals surface area (Å²) in [6, 6.07) is 6.84. The summed E-state index contributed by atoms with van der Waals surface area (Å²) in [6.45, 7) is -2.63. The van der Waals surface area contributed by atoms with Crippen LogP contribution in [-0.2, 0) is 4.79 Å². The molecule has 4 nitrogen and oxygen atoms in total. The van der Waals surface area contributed by atoms with Crippen LogP contribution in [0.25, 0.3) is 0 Å². The van der Waals surface area contributed by atoms with Gasteiger partial charge in [0, 0.05) is 11.6 Å². The lowest BCUT2D eigenvalue weighted by Gasteiger charge is -2.38. The molecule has 2 aliphatic rings. The van der Waals surface area contributed by atoms with Crippen molar-refractivity contribution in [3.8, 4) is 5.75 Å². The minimum absolute atomic E-state index is 0.0200. The Hall–Kier alpha value is -1.69. The van der Waals surface area contributed by atoms with Crippen LogP contribution in [0.15, 0.2) is 24.3 Å². The molecule has 1 saturated heterocycles. The maximum Gasteiger partial charge on any atom is 0.387 e. The minimum Gasteiger partial charge on any atom is -0.434 e. The van der Waals surface area contributed by atoms with E-state index in [1.807, 2.05) is 0 Å². The Morgan fingerprint density at radius 3 is 2.70 bits per heavy atom. The third kappa shape index (κ3) is 2.35. The normalized spacial score (nSPS) is 23.2. The first-order chi connectivity index (χ1) is 9.66.